The zero-order valence-corrected chi connectivity index (χ0v) is 13.1. The van der Waals surface area contributed by atoms with Crippen molar-refractivity contribution < 1.29 is 5.11 Å². The Morgan fingerprint density at radius 2 is 2.00 bits per heavy atom. The van der Waals surface area contributed by atoms with Gasteiger partial charge in [-0.25, -0.2) is 0 Å². The Balaban J connectivity index is 1.65. The number of hydrogen-bond acceptors (Lipinski definition) is 3. The fourth-order valence-electron chi connectivity index (χ4n) is 3.66. The smallest absolute Gasteiger partial charge is 0.0772 e. The zero-order valence-electron chi connectivity index (χ0n) is 13.1. The topological polar surface area (TPSA) is 44.3 Å². The molecule has 1 aromatic rings. The number of nitrogens with one attached hydrogen (secondary N) is 2. The largest absolute Gasteiger partial charge is 0.389 e. The van der Waals surface area contributed by atoms with Gasteiger partial charge in [0.25, 0.3) is 0 Å². The van der Waals surface area contributed by atoms with Crippen molar-refractivity contribution in [1.29, 1.82) is 0 Å². The van der Waals surface area contributed by atoms with Crippen molar-refractivity contribution in [2.24, 2.45) is 5.92 Å². The Morgan fingerprint density at radius 3 is 2.81 bits per heavy atom. The third kappa shape index (κ3) is 3.65. The highest BCUT2D eigenvalue weighted by molar-refractivity contribution is 5.31. The molecule has 1 fully saturated rings. The van der Waals surface area contributed by atoms with E-state index in [0.29, 0.717) is 6.04 Å². The molecule has 116 valence electrons. The molecule has 1 aliphatic heterocycles. The van der Waals surface area contributed by atoms with Gasteiger partial charge in [-0.15, -0.1) is 0 Å². The van der Waals surface area contributed by atoms with Crippen LogP contribution in [-0.4, -0.2) is 23.8 Å². The van der Waals surface area contributed by atoms with Crippen LogP contribution in [0.2, 0.25) is 0 Å². The van der Waals surface area contributed by atoms with Gasteiger partial charge >= 0.3 is 0 Å². The summed E-state index contributed by atoms with van der Waals surface area (Å²) in [5.41, 5.74) is 2.29. The second-order valence-corrected chi connectivity index (χ2v) is 7.00. The zero-order chi connectivity index (χ0) is 14.7. The summed E-state index contributed by atoms with van der Waals surface area (Å²) in [6.45, 7) is 5.00. The van der Waals surface area contributed by atoms with Gasteiger partial charge in [0.05, 0.1) is 5.60 Å². The highest BCUT2D eigenvalue weighted by Gasteiger charge is 2.32. The average Bonchev–Trinajstić information content (AvgIpc) is 2.71. The highest BCUT2D eigenvalue weighted by Crippen LogP contribution is 2.32. The molecule has 1 heterocycles. The molecule has 0 amide bonds. The molecule has 2 aliphatic rings. The van der Waals surface area contributed by atoms with Gasteiger partial charge in [-0.1, -0.05) is 31.2 Å². The molecule has 1 aliphatic carbocycles. The van der Waals surface area contributed by atoms with E-state index in [2.05, 4.69) is 41.8 Å². The summed E-state index contributed by atoms with van der Waals surface area (Å²) in [6.07, 6.45) is 5.27. The molecule has 0 bridgehead atoms. The van der Waals surface area contributed by atoms with Crippen LogP contribution < -0.4 is 10.6 Å². The van der Waals surface area contributed by atoms with Crippen LogP contribution in [0, 0.1) is 5.92 Å². The maximum Gasteiger partial charge on any atom is 0.0772 e. The summed E-state index contributed by atoms with van der Waals surface area (Å²) >= 11 is 0. The standard InChI is InChI=1S/C18H28N2O/c1-14-6-9-18(21,10-7-14)13-20-17-8-11-19-12-15-4-2-3-5-16(15)17/h2-5,14,17,19-21H,6-13H2,1H3. The van der Waals surface area contributed by atoms with E-state index in [1.807, 2.05) is 0 Å². The van der Waals surface area contributed by atoms with Crippen LogP contribution in [0.25, 0.3) is 0 Å². The Kier molecular flexibility index (Phi) is 4.63. The van der Waals surface area contributed by atoms with Gasteiger partial charge in [-0.3, -0.25) is 0 Å². The van der Waals surface area contributed by atoms with Crippen LogP contribution >= 0.6 is 0 Å². The van der Waals surface area contributed by atoms with Crippen LogP contribution in [0.4, 0.5) is 0 Å². The molecule has 21 heavy (non-hydrogen) atoms. The first-order valence-electron chi connectivity index (χ1n) is 8.41. The average molecular weight is 288 g/mol. The summed E-state index contributed by atoms with van der Waals surface area (Å²) in [6, 6.07) is 9.03. The lowest BCUT2D eigenvalue weighted by molar-refractivity contribution is -0.00836. The summed E-state index contributed by atoms with van der Waals surface area (Å²) in [5.74, 6) is 0.771. The van der Waals surface area contributed by atoms with Gasteiger partial charge < -0.3 is 15.7 Å². The third-order valence-corrected chi connectivity index (χ3v) is 5.24. The van der Waals surface area contributed by atoms with E-state index in [0.717, 1.165) is 57.7 Å². The molecule has 3 rings (SSSR count). The molecule has 3 nitrogen and oxygen atoms in total. The molecule has 1 aromatic carbocycles. The lowest BCUT2D eigenvalue weighted by Crippen LogP contribution is -2.44. The number of aliphatic hydroxyl groups is 1. The maximum absolute atomic E-state index is 10.8. The van der Waals surface area contributed by atoms with Crippen molar-refractivity contribution >= 4 is 0 Å². The molecule has 3 N–H and O–H groups in total. The minimum absolute atomic E-state index is 0.361. The summed E-state index contributed by atoms with van der Waals surface area (Å²) in [5, 5.41) is 17.9. The van der Waals surface area contributed by atoms with Gasteiger partial charge in [0.15, 0.2) is 0 Å². The third-order valence-electron chi connectivity index (χ3n) is 5.24. The fraction of sp³-hybridized carbons (Fsp3) is 0.667. The molecule has 0 spiro atoms. The van der Waals surface area contributed by atoms with Crippen LogP contribution in [0.1, 0.15) is 56.2 Å². The molecule has 0 saturated heterocycles. The van der Waals surface area contributed by atoms with Crippen molar-refractivity contribution in [3.63, 3.8) is 0 Å². The number of benzene rings is 1. The normalized spacial score (nSPS) is 33.2. The molecule has 1 saturated carbocycles. The van der Waals surface area contributed by atoms with E-state index in [-0.39, 0.29) is 0 Å². The first-order chi connectivity index (χ1) is 10.2. The van der Waals surface area contributed by atoms with E-state index >= 15 is 0 Å². The predicted molar refractivity (Wildman–Crippen MR) is 86.1 cm³/mol. The number of fused-ring (bicyclic) bond motifs is 1. The first kappa shape index (κ1) is 15.0. The van der Waals surface area contributed by atoms with Crippen LogP contribution in [-0.2, 0) is 6.54 Å². The highest BCUT2D eigenvalue weighted by atomic mass is 16.3. The van der Waals surface area contributed by atoms with Crippen molar-refractivity contribution in [2.75, 3.05) is 13.1 Å². The summed E-state index contributed by atoms with van der Waals surface area (Å²) in [7, 11) is 0. The van der Waals surface area contributed by atoms with Crippen LogP contribution in [0.15, 0.2) is 24.3 Å². The fourth-order valence-corrected chi connectivity index (χ4v) is 3.66. The van der Waals surface area contributed by atoms with E-state index in [9.17, 15) is 5.11 Å². The predicted octanol–water partition coefficient (Wildman–Crippen LogP) is 2.75. The Bertz CT molecular complexity index is 466. The van der Waals surface area contributed by atoms with Gasteiger partial charge in [-0.05, 0) is 55.7 Å². The Morgan fingerprint density at radius 1 is 1.24 bits per heavy atom. The SMILES string of the molecule is CC1CCC(O)(CNC2CCNCc3ccccc32)CC1. The van der Waals surface area contributed by atoms with Crippen molar-refractivity contribution in [2.45, 2.75) is 57.2 Å². The van der Waals surface area contributed by atoms with Gasteiger partial charge in [0.2, 0.25) is 0 Å². The molecule has 1 unspecified atom stereocenters. The van der Waals surface area contributed by atoms with Crippen LogP contribution in [0.5, 0.6) is 0 Å². The lowest BCUT2D eigenvalue weighted by Gasteiger charge is -2.36. The van der Waals surface area contributed by atoms with E-state index < -0.39 is 5.60 Å². The van der Waals surface area contributed by atoms with Crippen LogP contribution in [0.3, 0.4) is 0 Å². The molecule has 0 aromatic heterocycles. The number of rotatable bonds is 3. The first-order valence-corrected chi connectivity index (χ1v) is 8.41. The minimum atomic E-state index is -0.499. The lowest BCUT2D eigenvalue weighted by atomic mass is 9.79. The monoisotopic (exact) mass is 288 g/mol. The molecule has 3 heteroatoms. The van der Waals surface area contributed by atoms with Gasteiger partial charge in [-0.2, -0.15) is 0 Å². The van der Waals surface area contributed by atoms with Crippen molar-refractivity contribution in [3.05, 3.63) is 35.4 Å². The minimum Gasteiger partial charge on any atom is -0.389 e. The van der Waals surface area contributed by atoms with E-state index in [4.69, 9.17) is 0 Å². The second-order valence-electron chi connectivity index (χ2n) is 7.00. The van der Waals surface area contributed by atoms with E-state index in [1.165, 1.54) is 11.1 Å². The number of hydrogen-bond donors (Lipinski definition) is 3. The van der Waals surface area contributed by atoms with Gasteiger partial charge in [0, 0.05) is 19.1 Å². The Hall–Kier alpha value is -0.900. The molecular formula is C18H28N2O. The summed E-state index contributed by atoms with van der Waals surface area (Å²) in [4.78, 5) is 0. The molecule has 1 atom stereocenters. The molecular weight excluding hydrogens is 260 g/mol. The van der Waals surface area contributed by atoms with Gasteiger partial charge in [0.1, 0.15) is 0 Å². The van der Waals surface area contributed by atoms with Crippen molar-refractivity contribution in [1.82, 2.24) is 10.6 Å². The maximum atomic E-state index is 10.8. The van der Waals surface area contributed by atoms with Crippen molar-refractivity contribution in [3.8, 4) is 0 Å². The van der Waals surface area contributed by atoms with E-state index in [1.54, 1.807) is 0 Å². The Labute approximate surface area is 128 Å². The summed E-state index contributed by atoms with van der Waals surface area (Å²) < 4.78 is 0. The molecule has 0 radical (unpaired) electrons. The second kappa shape index (κ2) is 6.47. The quantitative estimate of drug-likeness (QED) is 0.801.